The molecular weight excluding hydrogens is 392 g/mol. The lowest BCUT2D eigenvalue weighted by molar-refractivity contribution is -0.132. The highest BCUT2D eigenvalue weighted by Gasteiger charge is 2.27. The summed E-state index contributed by atoms with van der Waals surface area (Å²) in [5.41, 5.74) is 0.663. The Labute approximate surface area is 172 Å². The maximum Gasteiger partial charge on any atom is 0.289 e. The monoisotopic (exact) mass is 416 g/mol. The molecule has 4 rings (SSSR count). The number of carbonyl (C=O) groups excluding carboxylic acids is 3. The maximum absolute atomic E-state index is 12.6. The summed E-state index contributed by atoms with van der Waals surface area (Å²) in [5, 5.41) is 5.25. The van der Waals surface area contributed by atoms with Crippen molar-refractivity contribution >= 4 is 34.2 Å². The van der Waals surface area contributed by atoms with Crippen LogP contribution < -0.4 is 5.32 Å². The first-order valence-electron chi connectivity index (χ1n) is 9.96. The first-order chi connectivity index (χ1) is 14.1. The number of carbonyl (C=O) groups is 3. The zero-order valence-electron chi connectivity index (χ0n) is 16.1. The van der Waals surface area contributed by atoms with Crippen molar-refractivity contribution in [3.8, 4) is 0 Å². The molecule has 1 saturated heterocycles. The van der Waals surface area contributed by atoms with Gasteiger partial charge in [-0.05, 0) is 25.0 Å². The molecule has 8 nitrogen and oxygen atoms in total. The van der Waals surface area contributed by atoms with Gasteiger partial charge in [-0.2, -0.15) is 0 Å². The van der Waals surface area contributed by atoms with Gasteiger partial charge in [0.2, 0.25) is 11.8 Å². The number of hydrogen-bond donors (Lipinski definition) is 1. The third kappa shape index (κ3) is 4.67. The van der Waals surface area contributed by atoms with Crippen LogP contribution in [0.15, 0.2) is 28.2 Å². The largest absolute Gasteiger partial charge is 0.459 e. The van der Waals surface area contributed by atoms with E-state index in [9.17, 15) is 14.4 Å². The van der Waals surface area contributed by atoms with Crippen LogP contribution in [0.4, 0.5) is 5.13 Å². The molecule has 3 amide bonds. The lowest BCUT2D eigenvalue weighted by Gasteiger charge is -2.34. The van der Waals surface area contributed by atoms with Crippen LogP contribution in [0.2, 0.25) is 0 Å². The van der Waals surface area contributed by atoms with Crippen molar-refractivity contribution in [2.45, 2.75) is 32.1 Å². The van der Waals surface area contributed by atoms with Gasteiger partial charge < -0.3 is 19.5 Å². The predicted molar refractivity (Wildman–Crippen MR) is 108 cm³/mol. The second-order valence-corrected chi connectivity index (χ2v) is 8.30. The Kier molecular flexibility index (Phi) is 5.94. The first kappa shape index (κ1) is 19.6. The fourth-order valence-electron chi connectivity index (χ4n) is 3.82. The van der Waals surface area contributed by atoms with Gasteiger partial charge in [-0.3, -0.25) is 14.4 Å². The summed E-state index contributed by atoms with van der Waals surface area (Å²) in [6.07, 6.45) is 5.77. The van der Waals surface area contributed by atoms with Crippen molar-refractivity contribution in [1.29, 1.82) is 0 Å². The Morgan fingerprint density at radius 2 is 1.86 bits per heavy atom. The molecule has 2 fully saturated rings. The number of anilines is 1. The Hall–Kier alpha value is -2.68. The minimum absolute atomic E-state index is 0.0194. The minimum Gasteiger partial charge on any atom is -0.459 e. The zero-order valence-corrected chi connectivity index (χ0v) is 17.0. The second-order valence-electron chi connectivity index (χ2n) is 7.44. The molecule has 2 aromatic heterocycles. The van der Waals surface area contributed by atoms with Gasteiger partial charge in [0, 0.05) is 37.5 Å². The fraction of sp³-hybridized carbons (Fsp3) is 0.500. The SMILES string of the molecule is O=C(Nc1nc(CC(=O)N2CCN(C(=O)c3ccco3)CC2)cs1)C1CCCC1. The maximum atomic E-state index is 12.6. The van der Waals surface area contributed by atoms with E-state index < -0.39 is 0 Å². The van der Waals surface area contributed by atoms with Crippen LogP contribution in [0.5, 0.6) is 0 Å². The average Bonchev–Trinajstić information content (AvgIpc) is 3.50. The van der Waals surface area contributed by atoms with Gasteiger partial charge in [0.05, 0.1) is 18.4 Å². The minimum atomic E-state index is -0.149. The second kappa shape index (κ2) is 8.77. The molecule has 1 aliphatic heterocycles. The van der Waals surface area contributed by atoms with Crippen LogP contribution in [0.3, 0.4) is 0 Å². The molecule has 0 spiro atoms. The molecule has 29 heavy (non-hydrogen) atoms. The number of amides is 3. The number of rotatable bonds is 5. The molecule has 0 bridgehead atoms. The van der Waals surface area contributed by atoms with Crippen LogP contribution in [0, 0.1) is 5.92 Å². The number of furan rings is 1. The Bertz CT molecular complexity index is 865. The molecule has 154 valence electrons. The van der Waals surface area contributed by atoms with Gasteiger partial charge in [-0.15, -0.1) is 11.3 Å². The van der Waals surface area contributed by atoms with Crippen molar-refractivity contribution in [3.05, 3.63) is 35.2 Å². The molecule has 1 N–H and O–H groups in total. The topological polar surface area (TPSA) is 95.8 Å². The van der Waals surface area contributed by atoms with Gasteiger partial charge in [0.1, 0.15) is 0 Å². The van der Waals surface area contributed by atoms with Gasteiger partial charge in [-0.25, -0.2) is 4.98 Å². The Balaban J connectivity index is 1.25. The van der Waals surface area contributed by atoms with Crippen LogP contribution in [-0.2, 0) is 16.0 Å². The van der Waals surface area contributed by atoms with Gasteiger partial charge in [-0.1, -0.05) is 12.8 Å². The standard InChI is InChI=1S/C20H24N4O4S/c25-17(23-7-9-24(10-8-23)19(27)16-6-3-11-28-16)12-15-13-29-20(21-15)22-18(26)14-4-1-2-5-14/h3,6,11,13-14H,1-2,4-5,7-10,12H2,(H,21,22,26). The summed E-state index contributed by atoms with van der Waals surface area (Å²) >= 11 is 1.35. The highest BCUT2D eigenvalue weighted by Crippen LogP contribution is 2.26. The molecule has 2 aromatic rings. The Morgan fingerprint density at radius 3 is 2.55 bits per heavy atom. The fourth-order valence-corrected chi connectivity index (χ4v) is 4.54. The Morgan fingerprint density at radius 1 is 1.14 bits per heavy atom. The summed E-state index contributed by atoms with van der Waals surface area (Å²) in [6, 6.07) is 3.33. The van der Waals surface area contributed by atoms with E-state index in [0.29, 0.717) is 42.8 Å². The smallest absolute Gasteiger partial charge is 0.289 e. The van der Waals surface area contributed by atoms with E-state index in [2.05, 4.69) is 10.3 Å². The summed E-state index contributed by atoms with van der Waals surface area (Å²) in [5.74, 6) is 0.272. The van der Waals surface area contributed by atoms with Crippen molar-refractivity contribution in [3.63, 3.8) is 0 Å². The molecule has 1 aliphatic carbocycles. The average molecular weight is 417 g/mol. The van der Waals surface area contributed by atoms with E-state index in [1.54, 1.807) is 21.9 Å². The van der Waals surface area contributed by atoms with E-state index in [1.807, 2.05) is 5.38 Å². The highest BCUT2D eigenvalue weighted by atomic mass is 32.1. The van der Waals surface area contributed by atoms with Crippen molar-refractivity contribution < 1.29 is 18.8 Å². The highest BCUT2D eigenvalue weighted by molar-refractivity contribution is 7.13. The first-order valence-corrected chi connectivity index (χ1v) is 10.8. The lowest BCUT2D eigenvalue weighted by Crippen LogP contribution is -2.50. The summed E-state index contributed by atoms with van der Waals surface area (Å²) in [7, 11) is 0. The van der Waals surface area contributed by atoms with Crippen LogP contribution in [0.25, 0.3) is 0 Å². The molecule has 0 radical (unpaired) electrons. The molecule has 0 aromatic carbocycles. The quantitative estimate of drug-likeness (QED) is 0.807. The van der Waals surface area contributed by atoms with E-state index in [4.69, 9.17) is 4.42 Å². The van der Waals surface area contributed by atoms with Gasteiger partial charge in [0.15, 0.2) is 10.9 Å². The third-order valence-electron chi connectivity index (χ3n) is 5.49. The van der Waals surface area contributed by atoms with E-state index in [0.717, 1.165) is 25.7 Å². The molecule has 0 atom stereocenters. The lowest BCUT2D eigenvalue weighted by atomic mass is 10.1. The van der Waals surface area contributed by atoms with Crippen LogP contribution >= 0.6 is 11.3 Å². The summed E-state index contributed by atoms with van der Waals surface area (Å²) in [6.45, 7) is 1.93. The molecule has 1 saturated carbocycles. The van der Waals surface area contributed by atoms with Crippen LogP contribution in [-0.4, -0.2) is 58.7 Å². The molecule has 2 aliphatic rings. The number of thiazole rings is 1. The molecule has 9 heteroatoms. The summed E-state index contributed by atoms with van der Waals surface area (Å²) in [4.78, 5) is 44.9. The zero-order chi connectivity index (χ0) is 20.2. The van der Waals surface area contributed by atoms with Crippen molar-refractivity contribution in [2.24, 2.45) is 5.92 Å². The van der Waals surface area contributed by atoms with E-state index in [-0.39, 0.29) is 30.1 Å². The normalized spacial score (nSPS) is 17.5. The number of nitrogens with zero attached hydrogens (tertiary/aromatic N) is 3. The van der Waals surface area contributed by atoms with Gasteiger partial charge >= 0.3 is 0 Å². The van der Waals surface area contributed by atoms with Crippen molar-refractivity contribution in [2.75, 3.05) is 31.5 Å². The van der Waals surface area contributed by atoms with Crippen molar-refractivity contribution in [1.82, 2.24) is 14.8 Å². The molecule has 3 heterocycles. The van der Waals surface area contributed by atoms with E-state index >= 15 is 0 Å². The van der Waals surface area contributed by atoms with E-state index in [1.165, 1.54) is 17.6 Å². The van der Waals surface area contributed by atoms with Gasteiger partial charge in [0.25, 0.3) is 5.91 Å². The third-order valence-corrected chi connectivity index (χ3v) is 6.30. The number of piperazine rings is 1. The molecular formula is C20H24N4O4S. The summed E-state index contributed by atoms with van der Waals surface area (Å²) < 4.78 is 5.16. The number of hydrogen-bond acceptors (Lipinski definition) is 6. The predicted octanol–water partition coefficient (Wildman–Crippen LogP) is 2.39. The number of aromatic nitrogens is 1. The number of nitrogens with one attached hydrogen (secondary N) is 1. The molecule has 0 unspecified atom stereocenters. The van der Waals surface area contributed by atoms with Crippen LogP contribution in [0.1, 0.15) is 41.9 Å².